The summed E-state index contributed by atoms with van der Waals surface area (Å²) in [6, 6.07) is 8.24. The Kier molecular flexibility index (Phi) is 9.43. The lowest BCUT2D eigenvalue weighted by atomic mass is 10.1. The number of rotatable bonds is 8. The van der Waals surface area contributed by atoms with Gasteiger partial charge in [-0.25, -0.2) is 4.79 Å². The van der Waals surface area contributed by atoms with Crippen LogP contribution < -0.4 is 10.6 Å². The van der Waals surface area contributed by atoms with Crippen LogP contribution in [-0.2, 0) is 17.8 Å². The van der Waals surface area contributed by atoms with Gasteiger partial charge < -0.3 is 25.2 Å². The number of nitrogens with zero attached hydrogens (tertiary/aromatic N) is 3. The first-order chi connectivity index (χ1) is 14.3. The Morgan fingerprint density at radius 3 is 2.37 bits per heavy atom. The Morgan fingerprint density at radius 1 is 1.13 bits per heavy atom. The molecule has 2 N–H and O–H groups in total. The van der Waals surface area contributed by atoms with E-state index < -0.39 is 5.60 Å². The molecule has 0 aromatic heterocycles. The third kappa shape index (κ3) is 9.03. The van der Waals surface area contributed by atoms with E-state index in [0.717, 1.165) is 31.0 Å². The first-order valence-corrected chi connectivity index (χ1v) is 11.0. The van der Waals surface area contributed by atoms with Crippen molar-refractivity contribution in [3.63, 3.8) is 0 Å². The number of benzene rings is 1. The van der Waals surface area contributed by atoms with Gasteiger partial charge >= 0.3 is 6.09 Å². The van der Waals surface area contributed by atoms with Crippen LogP contribution in [0.2, 0.25) is 0 Å². The summed E-state index contributed by atoms with van der Waals surface area (Å²) in [4.78, 5) is 20.5. The van der Waals surface area contributed by atoms with Gasteiger partial charge in [0.2, 0.25) is 0 Å². The maximum absolute atomic E-state index is 12.1. The van der Waals surface area contributed by atoms with Crippen molar-refractivity contribution < 1.29 is 9.53 Å². The van der Waals surface area contributed by atoms with Crippen molar-refractivity contribution in [1.82, 2.24) is 20.4 Å². The SMILES string of the molecule is CN=C(NCCCN1CCCC1)NCc1ccc(CN(C)C(=O)OC(C)(C)C)cc1. The van der Waals surface area contributed by atoms with Crippen molar-refractivity contribution in [2.45, 2.75) is 58.7 Å². The van der Waals surface area contributed by atoms with Crippen LogP contribution in [0.15, 0.2) is 29.3 Å². The molecule has 0 radical (unpaired) electrons. The number of guanidine groups is 1. The number of aliphatic imine (C=N–C) groups is 1. The van der Waals surface area contributed by atoms with E-state index in [-0.39, 0.29) is 6.09 Å². The minimum atomic E-state index is -0.485. The van der Waals surface area contributed by atoms with Gasteiger partial charge in [-0.15, -0.1) is 0 Å². The minimum Gasteiger partial charge on any atom is -0.444 e. The number of amides is 1. The Balaban J connectivity index is 1.70. The molecule has 1 fully saturated rings. The topological polar surface area (TPSA) is 69.2 Å². The summed E-state index contributed by atoms with van der Waals surface area (Å²) in [5.74, 6) is 0.824. The van der Waals surface area contributed by atoms with Gasteiger partial charge in [-0.3, -0.25) is 4.99 Å². The molecule has 0 spiro atoms. The van der Waals surface area contributed by atoms with Gasteiger partial charge in [-0.1, -0.05) is 24.3 Å². The second-order valence-corrected chi connectivity index (χ2v) is 8.91. The number of nitrogens with one attached hydrogen (secondary N) is 2. The van der Waals surface area contributed by atoms with Crippen LogP contribution >= 0.6 is 0 Å². The highest BCUT2D eigenvalue weighted by Crippen LogP contribution is 2.12. The van der Waals surface area contributed by atoms with Crippen LogP contribution in [0, 0.1) is 0 Å². The molecule has 168 valence electrons. The number of likely N-dealkylation sites (tertiary alicyclic amines) is 1. The molecular formula is C23H39N5O2. The highest BCUT2D eigenvalue weighted by atomic mass is 16.6. The zero-order chi connectivity index (χ0) is 22.0. The predicted octanol–water partition coefficient (Wildman–Crippen LogP) is 3.20. The van der Waals surface area contributed by atoms with E-state index in [2.05, 4.69) is 32.7 Å². The summed E-state index contributed by atoms with van der Waals surface area (Å²) in [7, 11) is 3.55. The molecule has 1 saturated heterocycles. The molecule has 0 bridgehead atoms. The van der Waals surface area contributed by atoms with E-state index in [1.54, 1.807) is 19.0 Å². The quantitative estimate of drug-likeness (QED) is 0.386. The van der Waals surface area contributed by atoms with Crippen LogP contribution in [0.1, 0.15) is 51.2 Å². The molecule has 7 nitrogen and oxygen atoms in total. The van der Waals surface area contributed by atoms with E-state index in [9.17, 15) is 4.79 Å². The predicted molar refractivity (Wildman–Crippen MR) is 123 cm³/mol. The Hall–Kier alpha value is -2.28. The smallest absolute Gasteiger partial charge is 0.410 e. The van der Waals surface area contributed by atoms with E-state index in [4.69, 9.17) is 4.74 Å². The fourth-order valence-corrected chi connectivity index (χ4v) is 3.36. The molecular weight excluding hydrogens is 378 g/mol. The van der Waals surface area contributed by atoms with Crippen molar-refractivity contribution >= 4 is 12.1 Å². The number of hydrogen-bond acceptors (Lipinski definition) is 4. The summed E-state index contributed by atoms with van der Waals surface area (Å²) in [5.41, 5.74) is 1.75. The van der Waals surface area contributed by atoms with Gasteiger partial charge in [-0.05, 0) is 70.8 Å². The van der Waals surface area contributed by atoms with E-state index >= 15 is 0 Å². The fraction of sp³-hybridized carbons (Fsp3) is 0.652. The zero-order valence-corrected chi connectivity index (χ0v) is 19.3. The van der Waals surface area contributed by atoms with Crippen LogP contribution in [0.3, 0.4) is 0 Å². The van der Waals surface area contributed by atoms with Crippen molar-refractivity contribution in [3.05, 3.63) is 35.4 Å². The fourth-order valence-electron chi connectivity index (χ4n) is 3.36. The van der Waals surface area contributed by atoms with Gasteiger partial charge in [0.05, 0.1) is 0 Å². The Labute approximate surface area is 181 Å². The molecule has 0 saturated carbocycles. The highest BCUT2D eigenvalue weighted by Gasteiger charge is 2.19. The summed E-state index contributed by atoms with van der Waals surface area (Å²) < 4.78 is 5.40. The molecule has 1 heterocycles. The van der Waals surface area contributed by atoms with Crippen LogP contribution in [0.4, 0.5) is 4.79 Å². The first-order valence-electron chi connectivity index (χ1n) is 11.0. The van der Waals surface area contributed by atoms with Crippen molar-refractivity contribution in [3.8, 4) is 0 Å². The average molecular weight is 418 g/mol. The number of carbonyl (C=O) groups is 1. The minimum absolute atomic E-state index is 0.312. The lowest BCUT2D eigenvalue weighted by Gasteiger charge is -2.24. The monoisotopic (exact) mass is 417 g/mol. The number of carbonyl (C=O) groups excluding carboxylic acids is 1. The van der Waals surface area contributed by atoms with E-state index in [0.29, 0.717) is 13.1 Å². The average Bonchev–Trinajstić information content (AvgIpc) is 3.20. The van der Waals surface area contributed by atoms with Crippen LogP contribution in [-0.4, -0.2) is 67.7 Å². The van der Waals surface area contributed by atoms with Gasteiger partial charge in [-0.2, -0.15) is 0 Å². The molecule has 1 aromatic carbocycles. The molecule has 1 amide bonds. The van der Waals surface area contributed by atoms with Gasteiger partial charge in [0, 0.05) is 33.7 Å². The van der Waals surface area contributed by atoms with E-state index in [1.807, 2.05) is 32.9 Å². The van der Waals surface area contributed by atoms with Crippen molar-refractivity contribution in [2.24, 2.45) is 4.99 Å². The molecule has 2 rings (SSSR count). The van der Waals surface area contributed by atoms with Crippen LogP contribution in [0.25, 0.3) is 0 Å². The molecule has 1 aliphatic heterocycles. The molecule has 0 atom stereocenters. The normalized spacial score (nSPS) is 15.2. The van der Waals surface area contributed by atoms with Gasteiger partial charge in [0.25, 0.3) is 0 Å². The van der Waals surface area contributed by atoms with Gasteiger partial charge in [0.15, 0.2) is 5.96 Å². The summed E-state index contributed by atoms with van der Waals surface area (Å²) in [5, 5.41) is 6.75. The summed E-state index contributed by atoms with van der Waals surface area (Å²) >= 11 is 0. The van der Waals surface area contributed by atoms with E-state index in [1.165, 1.54) is 31.5 Å². The summed E-state index contributed by atoms with van der Waals surface area (Å²) in [6.45, 7) is 11.4. The molecule has 1 aliphatic rings. The third-order valence-electron chi connectivity index (χ3n) is 4.97. The highest BCUT2D eigenvalue weighted by molar-refractivity contribution is 5.79. The lowest BCUT2D eigenvalue weighted by Crippen LogP contribution is -2.38. The maximum atomic E-state index is 12.1. The third-order valence-corrected chi connectivity index (χ3v) is 4.97. The second-order valence-electron chi connectivity index (χ2n) is 8.91. The summed E-state index contributed by atoms with van der Waals surface area (Å²) in [6.07, 6.45) is 3.49. The Morgan fingerprint density at radius 2 is 1.77 bits per heavy atom. The van der Waals surface area contributed by atoms with Gasteiger partial charge in [0.1, 0.15) is 5.60 Å². The lowest BCUT2D eigenvalue weighted by molar-refractivity contribution is 0.0285. The molecule has 30 heavy (non-hydrogen) atoms. The van der Waals surface area contributed by atoms with Crippen LogP contribution in [0.5, 0.6) is 0 Å². The maximum Gasteiger partial charge on any atom is 0.410 e. The number of hydrogen-bond donors (Lipinski definition) is 2. The standard InChI is InChI=1S/C23H39N5O2/c1-23(2,3)30-22(29)27(5)18-20-11-9-19(10-12-20)17-26-21(24-4)25-13-8-16-28-14-6-7-15-28/h9-12H,6-8,13-18H2,1-5H3,(H2,24,25,26). The van der Waals surface area contributed by atoms with Crippen molar-refractivity contribution in [2.75, 3.05) is 40.3 Å². The molecule has 7 heteroatoms. The van der Waals surface area contributed by atoms with Crippen molar-refractivity contribution in [1.29, 1.82) is 0 Å². The first kappa shape index (κ1) is 24.0. The Bertz CT molecular complexity index is 676. The molecule has 0 unspecified atom stereocenters. The molecule has 1 aromatic rings. The number of ether oxygens (including phenoxy) is 1. The largest absolute Gasteiger partial charge is 0.444 e. The zero-order valence-electron chi connectivity index (χ0n) is 19.3. The molecule has 0 aliphatic carbocycles. The second kappa shape index (κ2) is 11.8.